The molecule has 2 heterocycles. The van der Waals surface area contributed by atoms with Crippen LogP contribution in [0.25, 0.3) is 16.7 Å². The first-order valence-electron chi connectivity index (χ1n) is 8.86. The van der Waals surface area contributed by atoms with Gasteiger partial charge in [0.1, 0.15) is 5.58 Å². The summed E-state index contributed by atoms with van der Waals surface area (Å²) in [5, 5.41) is 26.0. The molecule has 1 amide bonds. The summed E-state index contributed by atoms with van der Waals surface area (Å²) in [6.07, 6.45) is 3.16. The first kappa shape index (κ1) is 19.5. The van der Waals surface area contributed by atoms with Crippen LogP contribution in [0.2, 0.25) is 0 Å². The number of non-ortho nitro benzene ring substituents is 2. The molecule has 154 valence electrons. The van der Waals surface area contributed by atoms with Crippen LogP contribution in [0, 0.1) is 20.2 Å². The molecule has 0 aliphatic rings. The molecule has 0 aliphatic heterocycles. The maximum absolute atomic E-state index is 12.3. The van der Waals surface area contributed by atoms with Crippen molar-refractivity contribution in [3.63, 3.8) is 0 Å². The zero-order valence-electron chi connectivity index (χ0n) is 15.7. The van der Waals surface area contributed by atoms with Crippen LogP contribution in [-0.2, 0) is 0 Å². The average Bonchev–Trinajstić information content (AvgIpc) is 3.40. The van der Waals surface area contributed by atoms with E-state index >= 15 is 0 Å². The van der Waals surface area contributed by atoms with Gasteiger partial charge < -0.3 is 8.98 Å². The monoisotopic (exact) mass is 419 g/mol. The second kappa shape index (κ2) is 7.91. The molecule has 0 unspecified atom stereocenters. The van der Waals surface area contributed by atoms with Crippen LogP contribution < -0.4 is 5.43 Å². The minimum atomic E-state index is -0.622. The van der Waals surface area contributed by atoms with Gasteiger partial charge in [0.15, 0.2) is 5.76 Å². The van der Waals surface area contributed by atoms with Crippen LogP contribution in [0.3, 0.4) is 0 Å². The largest absolute Gasteiger partial charge is 0.451 e. The number of furan rings is 1. The molecule has 0 fully saturated rings. The predicted octanol–water partition coefficient (Wildman–Crippen LogP) is 3.80. The summed E-state index contributed by atoms with van der Waals surface area (Å²) in [6.45, 7) is 0. The summed E-state index contributed by atoms with van der Waals surface area (Å²) < 4.78 is 7.14. The Morgan fingerprint density at radius 2 is 1.71 bits per heavy atom. The van der Waals surface area contributed by atoms with Crippen molar-refractivity contribution in [3.8, 4) is 5.69 Å². The molecule has 0 aliphatic carbocycles. The Balaban J connectivity index is 1.48. The molecule has 4 rings (SSSR count). The van der Waals surface area contributed by atoms with Crippen LogP contribution in [-0.4, -0.2) is 26.5 Å². The number of hydrazone groups is 1. The Labute approximate surface area is 173 Å². The fraction of sp³-hybridized carbons (Fsp3) is 0. The van der Waals surface area contributed by atoms with Crippen molar-refractivity contribution >= 4 is 34.5 Å². The molecular formula is C20H13N5O6. The number of nitro groups is 2. The first-order chi connectivity index (χ1) is 14.9. The third-order valence-corrected chi connectivity index (χ3v) is 4.42. The number of fused-ring (bicyclic) bond motifs is 1. The number of rotatable bonds is 6. The highest BCUT2D eigenvalue weighted by molar-refractivity contribution is 5.96. The van der Waals surface area contributed by atoms with E-state index in [2.05, 4.69) is 10.5 Å². The Morgan fingerprint density at radius 1 is 1.00 bits per heavy atom. The van der Waals surface area contributed by atoms with E-state index in [4.69, 9.17) is 4.42 Å². The quantitative estimate of drug-likeness (QED) is 0.286. The molecule has 4 aromatic rings. The number of amides is 1. The van der Waals surface area contributed by atoms with Crippen LogP contribution in [0.15, 0.2) is 76.4 Å². The molecule has 2 aromatic carbocycles. The van der Waals surface area contributed by atoms with Crippen LogP contribution in [0.4, 0.5) is 11.4 Å². The molecule has 0 spiro atoms. The molecular weight excluding hydrogens is 406 g/mol. The van der Waals surface area contributed by atoms with Crippen molar-refractivity contribution in [1.29, 1.82) is 0 Å². The molecule has 0 bridgehead atoms. The number of carbonyl (C=O) groups is 1. The lowest BCUT2D eigenvalue weighted by Gasteiger charge is -2.05. The molecule has 0 radical (unpaired) electrons. The van der Waals surface area contributed by atoms with E-state index in [1.54, 1.807) is 35.0 Å². The third-order valence-electron chi connectivity index (χ3n) is 4.42. The number of carbonyl (C=O) groups excluding carboxylic acids is 1. The number of hydrogen-bond acceptors (Lipinski definition) is 7. The highest BCUT2D eigenvalue weighted by Gasteiger charge is 2.14. The summed E-state index contributed by atoms with van der Waals surface area (Å²) in [4.78, 5) is 32.9. The van der Waals surface area contributed by atoms with E-state index in [0.717, 1.165) is 0 Å². The molecule has 2 aromatic heterocycles. The Kier molecular flexibility index (Phi) is 4.98. The number of hydrogen-bond donors (Lipinski definition) is 1. The molecule has 0 saturated carbocycles. The number of aromatic nitrogens is 1. The van der Waals surface area contributed by atoms with E-state index in [1.165, 1.54) is 42.6 Å². The van der Waals surface area contributed by atoms with Gasteiger partial charge in [-0.25, -0.2) is 5.43 Å². The first-order valence-corrected chi connectivity index (χ1v) is 8.86. The fourth-order valence-corrected chi connectivity index (χ4v) is 2.94. The summed E-state index contributed by atoms with van der Waals surface area (Å²) in [6, 6.07) is 14.9. The lowest BCUT2D eigenvalue weighted by atomic mass is 10.2. The van der Waals surface area contributed by atoms with Gasteiger partial charge in [0.25, 0.3) is 11.4 Å². The van der Waals surface area contributed by atoms with Crippen molar-refractivity contribution in [2.75, 3.05) is 0 Å². The lowest BCUT2D eigenvalue weighted by Crippen LogP contribution is -2.17. The second-order valence-corrected chi connectivity index (χ2v) is 6.37. The number of nitro benzene ring substituents is 2. The molecule has 11 heteroatoms. The zero-order chi connectivity index (χ0) is 22.0. The normalized spacial score (nSPS) is 11.1. The number of nitrogens with one attached hydrogen (secondary N) is 1. The van der Waals surface area contributed by atoms with Crippen molar-refractivity contribution in [3.05, 3.63) is 98.5 Å². The van der Waals surface area contributed by atoms with Gasteiger partial charge in [0, 0.05) is 41.5 Å². The van der Waals surface area contributed by atoms with Gasteiger partial charge in [-0.15, -0.1) is 0 Å². The smallest absolute Gasteiger partial charge is 0.307 e. The molecule has 1 N–H and O–H groups in total. The average molecular weight is 419 g/mol. The summed E-state index contributed by atoms with van der Waals surface area (Å²) in [5.74, 6) is -0.665. The number of benzene rings is 2. The predicted molar refractivity (Wildman–Crippen MR) is 110 cm³/mol. The van der Waals surface area contributed by atoms with Gasteiger partial charge >= 0.3 is 5.91 Å². The minimum absolute atomic E-state index is 0.0189. The Bertz CT molecular complexity index is 1340. The highest BCUT2D eigenvalue weighted by Crippen LogP contribution is 2.24. The molecule has 0 atom stereocenters. The SMILES string of the molecule is O=C(N/N=C\c1cccn1-c1ccc([N+](=O)[O-])cc1)c1cc2cc([N+](=O)[O-])ccc2o1. The van der Waals surface area contributed by atoms with Gasteiger partial charge in [-0.05, 0) is 36.4 Å². The molecule has 0 saturated heterocycles. The lowest BCUT2D eigenvalue weighted by molar-refractivity contribution is -0.385. The second-order valence-electron chi connectivity index (χ2n) is 6.37. The van der Waals surface area contributed by atoms with Crippen molar-refractivity contribution in [2.24, 2.45) is 5.10 Å². The third kappa shape index (κ3) is 4.00. The minimum Gasteiger partial charge on any atom is -0.451 e. The summed E-state index contributed by atoms with van der Waals surface area (Å²) in [5.41, 5.74) is 3.86. The van der Waals surface area contributed by atoms with E-state index < -0.39 is 15.8 Å². The van der Waals surface area contributed by atoms with Crippen molar-refractivity contribution in [1.82, 2.24) is 9.99 Å². The van der Waals surface area contributed by atoms with Crippen molar-refractivity contribution in [2.45, 2.75) is 0 Å². The maximum atomic E-state index is 12.3. The van der Waals surface area contributed by atoms with Crippen LogP contribution in [0.5, 0.6) is 0 Å². The van der Waals surface area contributed by atoms with Gasteiger partial charge in [0.05, 0.1) is 21.8 Å². The van der Waals surface area contributed by atoms with Gasteiger partial charge in [0.2, 0.25) is 0 Å². The van der Waals surface area contributed by atoms with Crippen LogP contribution in [0.1, 0.15) is 16.2 Å². The highest BCUT2D eigenvalue weighted by atomic mass is 16.6. The topological polar surface area (TPSA) is 146 Å². The van der Waals surface area contributed by atoms with E-state index in [1.807, 2.05) is 0 Å². The maximum Gasteiger partial charge on any atom is 0.307 e. The zero-order valence-corrected chi connectivity index (χ0v) is 15.7. The Morgan fingerprint density at radius 3 is 2.42 bits per heavy atom. The van der Waals surface area contributed by atoms with Crippen molar-refractivity contribution < 1.29 is 19.1 Å². The molecule has 31 heavy (non-hydrogen) atoms. The summed E-state index contributed by atoms with van der Waals surface area (Å²) in [7, 11) is 0. The summed E-state index contributed by atoms with van der Waals surface area (Å²) >= 11 is 0. The van der Waals surface area contributed by atoms with E-state index in [-0.39, 0.29) is 17.1 Å². The van der Waals surface area contributed by atoms with E-state index in [9.17, 15) is 25.0 Å². The van der Waals surface area contributed by atoms with E-state index in [0.29, 0.717) is 22.4 Å². The molecule has 11 nitrogen and oxygen atoms in total. The Hall–Kier alpha value is -4.80. The van der Waals surface area contributed by atoms with Gasteiger partial charge in [-0.3, -0.25) is 25.0 Å². The number of nitrogens with zero attached hydrogens (tertiary/aromatic N) is 4. The fourth-order valence-electron chi connectivity index (χ4n) is 2.94. The van der Waals surface area contributed by atoms with Gasteiger partial charge in [-0.1, -0.05) is 0 Å². The van der Waals surface area contributed by atoms with Gasteiger partial charge in [-0.2, -0.15) is 5.10 Å². The standard InChI is InChI=1S/C20H13N5O6/c26-20(19-11-13-10-16(25(29)30)7-8-18(13)31-19)22-21-12-17-2-1-9-23(17)14-3-5-15(6-4-14)24(27)28/h1-12H,(H,22,26)/b21-12-. The van der Waals surface area contributed by atoms with Crippen LogP contribution >= 0.6 is 0 Å².